The molecule has 7 heteroatoms. The number of hydrogen-bond acceptors (Lipinski definition) is 6. The molecule has 0 aliphatic heterocycles. The number of fused-ring (bicyclic) bond motifs is 1. The highest BCUT2D eigenvalue weighted by molar-refractivity contribution is 7.09. The van der Waals surface area contributed by atoms with Crippen LogP contribution < -0.4 is 5.32 Å². The van der Waals surface area contributed by atoms with Crippen LogP contribution in [0.4, 0.5) is 5.69 Å². The molecule has 1 amide bonds. The van der Waals surface area contributed by atoms with E-state index in [2.05, 4.69) is 10.3 Å². The molecule has 0 spiro atoms. The number of para-hydroxylation sites is 1. The summed E-state index contributed by atoms with van der Waals surface area (Å²) in [7, 11) is 0. The molecule has 1 heterocycles. The second kappa shape index (κ2) is 8.97. The smallest absolute Gasteiger partial charge is 0.342 e. The molecule has 0 bridgehead atoms. The number of amides is 1. The number of thiazole rings is 1. The van der Waals surface area contributed by atoms with Crippen LogP contribution in [0.1, 0.15) is 26.6 Å². The van der Waals surface area contributed by atoms with E-state index in [1.54, 1.807) is 17.5 Å². The number of anilines is 1. The van der Waals surface area contributed by atoms with Crippen molar-refractivity contribution in [1.29, 1.82) is 0 Å². The lowest BCUT2D eigenvalue weighted by Crippen LogP contribution is -2.15. The van der Waals surface area contributed by atoms with Crippen molar-refractivity contribution < 1.29 is 19.4 Å². The zero-order valence-corrected chi connectivity index (χ0v) is 17.6. The first-order valence-electron chi connectivity index (χ1n) is 9.67. The average molecular weight is 433 g/mol. The minimum absolute atomic E-state index is 0.0407. The summed E-state index contributed by atoms with van der Waals surface area (Å²) in [5.41, 5.74) is 2.41. The Balaban J connectivity index is 1.36. The van der Waals surface area contributed by atoms with Gasteiger partial charge in [-0.25, -0.2) is 9.78 Å². The Labute approximate surface area is 183 Å². The molecule has 0 saturated heterocycles. The lowest BCUT2D eigenvalue weighted by molar-refractivity contribution is -0.115. The molecule has 0 aliphatic carbocycles. The van der Waals surface area contributed by atoms with Crippen molar-refractivity contribution in [2.75, 3.05) is 5.32 Å². The Morgan fingerprint density at radius 3 is 2.55 bits per heavy atom. The predicted molar refractivity (Wildman–Crippen MR) is 120 cm³/mol. The van der Waals surface area contributed by atoms with E-state index in [-0.39, 0.29) is 30.2 Å². The first-order chi connectivity index (χ1) is 15.0. The van der Waals surface area contributed by atoms with Gasteiger partial charge in [-0.15, -0.1) is 11.3 Å². The van der Waals surface area contributed by atoms with Gasteiger partial charge in [-0.2, -0.15) is 0 Å². The van der Waals surface area contributed by atoms with Gasteiger partial charge in [-0.05, 0) is 41.5 Å². The fourth-order valence-electron chi connectivity index (χ4n) is 3.15. The Bertz CT molecular complexity index is 1270. The number of aryl methyl sites for hydroxylation is 1. The zero-order chi connectivity index (χ0) is 21.8. The Morgan fingerprint density at radius 2 is 1.77 bits per heavy atom. The molecule has 31 heavy (non-hydrogen) atoms. The quantitative estimate of drug-likeness (QED) is 0.425. The van der Waals surface area contributed by atoms with Crippen LogP contribution in [0.25, 0.3) is 10.8 Å². The number of phenols is 1. The number of rotatable bonds is 6. The first-order valence-corrected chi connectivity index (χ1v) is 10.6. The van der Waals surface area contributed by atoms with E-state index in [9.17, 15) is 14.7 Å². The van der Waals surface area contributed by atoms with Gasteiger partial charge in [-0.3, -0.25) is 4.79 Å². The van der Waals surface area contributed by atoms with Gasteiger partial charge >= 0.3 is 5.97 Å². The monoisotopic (exact) mass is 432 g/mol. The highest BCUT2D eigenvalue weighted by Crippen LogP contribution is 2.26. The van der Waals surface area contributed by atoms with Crippen molar-refractivity contribution >= 4 is 39.7 Å². The van der Waals surface area contributed by atoms with E-state index in [0.717, 1.165) is 22.0 Å². The second-order valence-corrected chi connectivity index (χ2v) is 8.01. The zero-order valence-electron chi connectivity index (χ0n) is 16.8. The fraction of sp³-hybridized carbons (Fsp3) is 0.125. The van der Waals surface area contributed by atoms with Gasteiger partial charge in [0.25, 0.3) is 0 Å². The number of phenolic OH excluding ortho intramolecular Hbond substituents is 1. The van der Waals surface area contributed by atoms with Crippen LogP contribution in [0, 0.1) is 6.92 Å². The van der Waals surface area contributed by atoms with Gasteiger partial charge in [0.1, 0.15) is 22.9 Å². The summed E-state index contributed by atoms with van der Waals surface area (Å²) in [6.07, 6.45) is 0.137. The number of carbonyl (C=O) groups excluding carboxylic acids is 2. The van der Waals surface area contributed by atoms with Crippen LogP contribution in [0.3, 0.4) is 0 Å². The molecule has 0 fully saturated rings. The topological polar surface area (TPSA) is 88.5 Å². The van der Waals surface area contributed by atoms with Gasteiger partial charge in [0.15, 0.2) is 0 Å². The molecule has 4 aromatic rings. The number of ether oxygens (including phenoxy) is 1. The highest BCUT2D eigenvalue weighted by Gasteiger charge is 2.15. The number of benzene rings is 3. The van der Waals surface area contributed by atoms with Crippen molar-refractivity contribution in [3.8, 4) is 5.75 Å². The van der Waals surface area contributed by atoms with Crippen LogP contribution in [0.5, 0.6) is 5.75 Å². The summed E-state index contributed by atoms with van der Waals surface area (Å²) >= 11 is 1.33. The van der Waals surface area contributed by atoms with E-state index < -0.39 is 5.97 Å². The minimum Gasteiger partial charge on any atom is -0.507 e. The SMILES string of the molecule is Cc1ccccc1NC(=O)Cc1nc(COC(=O)c2cc3ccccc3cc2O)cs1. The summed E-state index contributed by atoms with van der Waals surface area (Å²) in [4.78, 5) is 29.1. The lowest BCUT2D eigenvalue weighted by Gasteiger charge is -2.07. The summed E-state index contributed by atoms with van der Waals surface area (Å²) in [6.45, 7) is 1.89. The molecule has 4 rings (SSSR count). The Morgan fingerprint density at radius 1 is 1.06 bits per heavy atom. The molecule has 0 aliphatic rings. The van der Waals surface area contributed by atoms with Crippen molar-refractivity contribution in [3.63, 3.8) is 0 Å². The first kappa shape index (κ1) is 20.6. The molecular formula is C24H20N2O4S. The summed E-state index contributed by atoms with van der Waals surface area (Å²) in [5, 5.41) is 17.1. The molecule has 2 N–H and O–H groups in total. The minimum atomic E-state index is -0.630. The van der Waals surface area contributed by atoms with Crippen molar-refractivity contribution in [1.82, 2.24) is 4.98 Å². The normalized spacial score (nSPS) is 10.7. The molecule has 156 valence electrons. The maximum atomic E-state index is 12.4. The Hall–Kier alpha value is -3.71. The predicted octanol–water partition coefficient (Wildman–Crippen LogP) is 4.85. The molecule has 3 aromatic carbocycles. The number of nitrogens with zero attached hydrogens (tertiary/aromatic N) is 1. The molecule has 0 atom stereocenters. The van der Waals surface area contributed by atoms with E-state index in [4.69, 9.17) is 4.74 Å². The maximum absolute atomic E-state index is 12.4. The summed E-state index contributed by atoms with van der Waals surface area (Å²) in [6, 6.07) is 18.1. The summed E-state index contributed by atoms with van der Waals surface area (Å²) in [5.74, 6) is -0.918. The Kier molecular flexibility index (Phi) is 5.95. The van der Waals surface area contributed by atoms with Gasteiger partial charge in [0.2, 0.25) is 5.91 Å². The number of aromatic nitrogens is 1. The number of aromatic hydroxyl groups is 1. The largest absolute Gasteiger partial charge is 0.507 e. The fourth-order valence-corrected chi connectivity index (χ4v) is 3.93. The molecule has 6 nitrogen and oxygen atoms in total. The van der Waals surface area contributed by atoms with E-state index >= 15 is 0 Å². The number of esters is 1. The number of carbonyl (C=O) groups is 2. The van der Waals surface area contributed by atoms with Crippen LogP contribution in [0.15, 0.2) is 66.0 Å². The lowest BCUT2D eigenvalue weighted by atomic mass is 10.1. The number of hydrogen-bond donors (Lipinski definition) is 2. The molecule has 1 aromatic heterocycles. The van der Waals surface area contributed by atoms with Crippen molar-refractivity contribution in [2.45, 2.75) is 20.0 Å². The van der Waals surface area contributed by atoms with Gasteiger partial charge in [0, 0.05) is 11.1 Å². The third-order valence-corrected chi connectivity index (χ3v) is 5.66. The van der Waals surface area contributed by atoms with Crippen LogP contribution >= 0.6 is 11.3 Å². The maximum Gasteiger partial charge on any atom is 0.342 e. The van der Waals surface area contributed by atoms with Crippen LogP contribution in [0.2, 0.25) is 0 Å². The second-order valence-electron chi connectivity index (χ2n) is 7.07. The molecule has 0 saturated carbocycles. The highest BCUT2D eigenvalue weighted by atomic mass is 32.1. The van der Waals surface area contributed by atoms with E-state index in [0.29, 0.717) is 10.7 Å². The molecule has 0 unspecified atom stereocenters. The van der Waals surface area contributed by atoms with Crippen LogP contribution in [-0.2, 0) is 22.6 Å². The number of nitrogens with one attached hydrogen (secondary N) is 1. The third kappa shape index (κ3) is 4.90. The third-order valence-electron chi connectivity index (χ3n) is 4.77. The molecule has 0 radical (unpaired) electrons. The summed E-state index contributed by atoms with van der Waals surface area (Å²) < 4.78 is 5.32. The molecular weight excluding hydrogens is 412 g/mol. The standard InChI is InChI=1S/C24H20N2O4S/c1-15-6-2-5-9-20(15)26-22(28)12-23-25-18(14-31-23)13-30-24(29)19-10-16-7-3-4-8-17(16)11-21(19)27/h2-11,14,27H,12-13H2,1H3,(H,26,28). The van der Waals surface area contributed by atoms with E-state index in [1.807, 2.05) is 55.5 Å². The van der Waals surface area contributed by atoms with Crippen molar-refractivity contribution in [2.24, 2.45) is 0 Å². The van der Waals surface area contributed by atoms with Gasteiger partial charge in [0.05, 0.1) is 12.1 Å². The van der Waals surface area contributed by atoms with E-state index in [1.165, 1.54) is 11.3 Å². The van der Waals surface area contributed by atoms with Crippen LogP contribution in [-0.4, -0.2) is 22.0 Å². The van der Waals surface area contributed by atoms with Gasteiger partial charge < -0.3 is 15.2 Å². The van der Waals surface area contributed by atoms with Crippen molar-refractivity contribution in [3.05, 3.63) is 87.9 Å². The van der Waals surface area contributed by atoms with Gasteiger partial charge in [-0.1, -0.05) is 42.5 Å². The average Bonchev–Trinajstić information content (AvgIpc) is 3.20.